The number of terminal acetylenes is 1. The van der Waals surface area contributed by atoms with Crippen molar-refractivity contribution >= 4 is 39.1 Å². The van der Waals surface area contributed by atoms with Gasteiger partial charge in [-0.1, -0.05) is 122 Å². The maximum absolute atomic E-state index is 5.91. The number of hydrogen-bond acceptors (Lipinski definition) is 1. The van der Waals surface area contributed by atoms with Crippen molar-refractivity contribution in [2.45, 2.75) is 20.8 Å². The third-order valence-electron chi connectivity index (χ3n) is 8.07. The molecule has 0 aliphatic rings. The van der Waals surface area contributed by atoms with Gasteiger partial charge in [0, 0.05) is 23.3 Å². The molecule has 0 bridgehead atoms. The topological polar surface area (TPSA) is 12.9 Å². The van der Waals surface area contributed by atoms with Crippen LogP contribution in [-0.4, -0.2) is 4.98 Å². The van der Waals surface area contributed by atoms with E-state index in [1.807, 2.05) is 61.8 Å². The van der Waals surface area contributed by atoms with Gasteiger partial charge in [-0.25, -0.2) is 0 Å². The van der Waals surface area contributed by atoms with Crippen molar-refractivity contribution in [3.05, 3.63) is 179 Å². The van der Waals surface area contributed by atoms with Gasteiger partial charge in [0.1, 0.15) is 0 Å². The molecule has 43 heavy (non-hydrogen) atoms. The van der Waals surface area contributed by atoms with E-state index in [4.69, 9.17) is 6.42 Å². The number of hydrogen-bond donors (Lipinski definition) is 0. The van der Waals surface area contributed by atoms with E-state index >= 15 is 0 Å². The second-order valence-corrected chi connectivity index (χ2v) is 10.5. The van der Waals surface area contributed by atoms with E-state index in [0.717, 1.165) is 71.3 Å². The molecule has 1 heteroatoms. The average molecular weight is 554 g/mol. The van der Waals surface area contributed by atoms with Gasteiger partial charge in [-0.15, -0.1) is 6.42 Å². The number of aromatic nitrogens is 1. The predicted molar refractivity (Wildman–Crippen MR) is 186 cm³/mol. The van der Waals surface area contributed by atoms with Gasteiger partial charge in [0.15, 0.2) is 0 Å². The van der Waals surface area contributed by atoms with E-state index in [1.165, 1.54) is 5.56 Å². The molecule has 208 valence electrons. The summed E-state index contributed by atoms with van der Waals surface area (Å²) in [7, 11) is 0. The quantitative estimate of drug-likeness (QED) is 0.145. The number of rotatable bonds is 7. The van der Waals surface area contributed by atoms with Crippen molar-refractivity contribution in [2.75, 3.05) is 0 Å². The van der Waals surface area contributed by atoms with Gasteiger partial charge in [-0.3, -0.25) is 4.98 Å². The van der Waals surface area contributed by atoms with Crippen LogP contribution in [0.4, 0.5) is 0 Å². The zero-order valence-electron chi connectivity index (χ0n) is 25.1. The van der Waals surface area contributed by atoms with E-state index < -0.39 is 0 Å². The highest BCUT2D eigenvalue weighted by atomic mass is 14.6. The SMILES string of the molecule is C#C/C=C(/C(C=C)=c1\cccc\c1=C\C)c1ccc(/C(=C\C(=C)c2ccccc2)c2cncc3ccccc23)c(C)c1C. The molecule has 0 aliphatic carbocycles. The third kappa shape index (κ3) is 5.82. The Balaban J connectivity index is 1.76. The Morgan fingerprint density at radius 2 is 1.47 bits per heavy atom. The largest absolute Gasteiger partial charge is 0.263 e. The van der Waals surface area contributed by atoms with E-state index in [0.29, 0.717) is 0 Å². The first-order valence-corrected chi connectivity index (χ1v) is 14.4. The van der Waals surface area contributed by atoms with Gasteiger partial charge in [-0.05, 0) is 98.9 Å². The first kappa shape index (κ1) is 29.1. The molecule has 0 atom stereocenters. The summed E-state index contributed by atoms with van der Waals surface area (Å²) < 4.78 is 0. The minimum absolute atomic E-state index is 0.937. The average Bonchev–Trinajstić information content (AvgIpc) is 3.05. The van der Waals surface area contributed by atoms with Gasteiger partial charge in [0.2, 0.25) is 0 Å². The molecule has 1 aromatic heterocycles. The highest BCUT2D eigenvalue weighted by Crippen LogP contribution is 2.37. The predicted octanol–water partition coefficient (Wildman–Crippen LogP) is 8.85. The first-order chi connectivity index (χ1) is 21.0. The second kappa shape index (κ2) is 13.0. The maximum Gasteiger partial charge on any atom is 0.0353 e. The van der Waals surface area contributed by atoms with Gasteiger partial charge < -0.3 is 0 Å². The number of fused-ring (bicyclic) bond motifs is 1. The summed E-state index contributed by atoms with van der Waals surface area (Å²) in [6, 6.07) is 31.4. The summed E-state index contributed by atoms with van der Waals surface area (Å²) in [4.78, 5) is 4.63. The van der Waals surface area contributed by atoms with Crippen molar-refractivity contribution < 1.29 is 0 Å². The summed E-state index contributed by atoms with van der Waals surface area (Å²) in [6.45, 7) is 15.0. The molecule has 0 spiro atoms. The Kier molecular flexibility index (Phi) is 8.80. The lowest BCUT2D eigenvalue weighted by atomic mass is 9.84. The maximum atomic E-state index is 5.91. The second-order valence-electron chi connectivity index (χ2n) is 10.5. The Morgan fingerprint density at radius 3 is 2.21 bits per heavy atom. The fourth-order valence-electron chi connectivity index (χ4n) is 5.69. The molecule has 0 saturated carbocycles. The Hall–Kier alpha value is -5.45. The van der Waals surface area contributed by atoms with Crippen LogP contribution in [0.25, 0.3) is 39.1 Å². The van der Waals surface area contributed by atoms with E-state index in [2.05, 4.69) is 111 Å². The number of allylic oxidation sites excluding steroid dienone is 5. The van der Waals surface area contributed by atoms with Crippen molar-refractivity contribution in [1.82, 2.24) is 4.98 Å². The molecule has 0 radical (unpaired) electrons. The molecular formula is C42H35N. The van der Waals surface area contributed by atoms with Crippen molar-refractivity contribution in [1.29, 1.82) is 0 Å². The number of nitrogens with zero attached hydrogens (tertiary/aromatic N) is 1. The van der Waals surface area contributed by atoms with Gasteiger partial charge >= 0.3 is 0 Å². The van der Waals surface area contributed by atoms with Crippen LogP contribution in [0.3, 0.4) is 0 Å². The lowest BCUT2D eigenvalue weighted by Gasteiger charge is -2.20. The Bertz CT molecular complexity index is 2070. The molecule has 5 aromatic rings. The monoisotopic (exact) mass is 553 g/mol. The van der Waals surface area contributed by atoms with E-state index in [9.17, 15) is 0 Å². The molecule has 5 rings (SSSR count). The zero-order chi connectivity index (χ0) is 30.3. The molecule has 0 saturated heterocycles. The Morgan fingerprint density at radius 1 is 0.791 bits per heavy atom. The summed E-state index contributed by atoms with van der Waals surface area (Å²) >= 11 is 0. The molecule has 0 amide bonds. The standard InChI is InChI=1S/C42H35N/c1-7-17-40(35(9-3)38-22-15-13-18-32(38)8-2)36-24-25-37(31(6)30(36)5)41(26-29(4)33-19-11-10-12-20-33)42-28-43-27-34-21-14-16-23-39(34)42/h1,8-28H,3-4H2,2,5-6H3/b32-8-,38-35+,40-17-,41-26+. The van der Waals surface area contributed by atoms with Gasteiger partial charge in [0.25, 0.3) is 0 Å². The number of pyridine rings is 1. The van der Waals surface area contributed by atoms with Crippen molar-refractivity contribution in [3.8, 4) is 12.3 Å². The van der Waals surface area contributed by atoms with Crippen molar-refractivity contribution in [2.24, 2.45) is 0 Å². The van der Waals surface area contributed by atoms with Crippen LogP contribution in [0.2, 0.25) is 0 Å². The highest BCUT2D eigenvalue weighted by molar-refractivity contribution is 6.05. The molecule has 0 fully saturated rings. The molecule has 4 aromatic carbocycles. The van der Waals surface area contributed by atoms with Crippen LogP contribution < -0.4 is 10.4 Å². The molecule has 0 unspecified atom stereocenters. The van der Waals surface area contributed by atoms with Crippen LogP contribution in [0, 0.1) is 26.2 Å². The minimum Gasteiger partial charge on any atom is -0.263 e. The lowest BCUT2D eigenvalue weighted by Crippen LogP contribution is -2.26. The van der Waals surface area contributed by atoms with Crippen LogP contribution in [0.15, 0.2) is 135 Å². The summed E-state index contributed by atoms with van der Waals surface area (Å²) in [6.07, 6.45) is 17.8. The molecule has 1 nitrogen and oxygen atoms in total. The molecule has 1 heterocycles. The van der Waals surface area contributed by atoms with E-state index in [-0.39, 0.29) is 0 Å². The Labute approximate surface area is 255 Å². The molecule has 0 N–H and O–H groups in total. The van der Waals surface area contributed by atoms with Crippen LogP contribution in [0.1, 0.15) is 40.3 Å². The summed E-state index contributed by atoms with van der Waals surface area (Å²) in [5.41, 5.74) is 10.7. The zero-order valence-corrected chi connectivity index (χ0v) is 25.1. The van der Waals surface area contributed by atoms with Gasteiger partial charge in [-0.2, -0.15) is 0 Å². The van der Waals surface area contributed by atoms with Crippen LogP contribution >= 0.6 is 0 Å². The summed E-state index contributed by atoms with van der Waals surface area (Å²) in [5, 5.41) is 4.48. The summed E-state index contributed by atoms with van der Waals surface area (Å²) in [5.74, 6) is 2.79. The van der Waals surface area contributed by atoms with Crippen molar-refractivity contribution in [3.63, 3.8) is 0 Å². The highest BCUT2D eigenvalue weighted by Gasteiger charge is 2.18. The van der Waals surface area contributed by atoms with Crippen LogP contribution in [0.5, 0.6) is 0 Å². The van der Waals surface area contributed by atoms with Crippen LogP contribution in [-0.2, 0) is 0 Å². The fourth-order valence-corrected chi connectivity index (χ4v) is 5.69. The van der Waals surface area contributed by atoms with E-state index in [1.54, 1.807) is 0 Å². The lowest BCUT2D eigenvalue weighted by molar-refractivity contribution is 1.28. The first-order valence-electron chi connectivity index (χ1n) is 14.4. The third-order valence-corrected chi connectivity index (χ3v) is 8.07. The normalized spacial score (nSPS) is 13.0. The number of benzene rings is 4. The molecular weight excluding hydrogens is 518 g/mol. The molecule has 0 aliphatic heterocycles. The van der Waals surface area contributed by atoms with Gasteiger partial charge in [0.05, 0.1) is 0 Å². The minimum atomic E-state index is 0.937. The smallest absolute Gasteiger partial charge is 0.0353 e. The fraction of sp³-hybridized carbons (Fsp3) is 0.0714.